The van der Waals surface area contributed by atoms with Gasteiger partial charge >= 0.3 is 6.09 Å². The van der Waals surface area contributed by atoms with Crippen molar-refractivity contribution in [1.29, 1.82) is 0 Å². The summed E-state index contributed by atoms with van der Waals surface area (Å²) in [7, 11) is 0. The maximum atomic E-state index is 12.7. The second kappa shape index (κ2) is 8.82. The molecule has 2 amide bonds. The van der Waals surface area contributed by atoms with E-state index in [-0.39, 0.29) is 5.91 Å². The molecule has 0 unspecified atom stereocenters. The zero-order valence-corrected chi connectivity index (χ0v) is 15.6. The fraction of sp³-hybridized carbons (Fsp3) is 0.368. The lowest BCUT2D eigenvalue weighted by Crippen LogP contribution is -2.48. The standard InChI is InChI=1S/C19H23N3O3S/c1-2-25-19(24)20-16-7-5-15(6-8-16)18(23)22-11-9-21(10-12-22)14-17-4-3-13-26-17/h3-8,13H,2,9-12,14H2,1H3,(H,20,24). The normalized spacial score (nSPS) is 14.9. The summed E-state index contributed by atoms with van der Waals surface area (Å²) in [6, 6.07) is 11.1. The molecule has 3 rings (SSSR count). The van der Waals surface area contributed by atoms with Gasteiger partial charge in [-0.1, -0.05) is 6.07 Å². The van der Waals surface area contributed by atoms with E-state index in [1.165, 1.54) is 4.88 Å². The number of piperazine rings is 1. The predicted octanol–water partition coefficient (Wildman–Crippen LogP) is 3.27. The highest BCUT2D eigenvalue weighted by atomic mass is 32.1. The topological polar surface area (TPSA) is 61.9 Å². The molecule has 7 heteroatoms. The minimum atomic E-state index is -0.492. The Morgan fingerprint density at radius 3 is 2.46 bits per heavy atom. The Labute approximate surface area is 157 Å². The minimum Gasteiger partial charge on any atom is -0.450 e. The second-order valence-electron chi connectivity index (χ2n) is 6.07. The number of benzene rings is 1. The fourth-order valence-electron chi connectivity index (χ4n) is 2.90. The van der Waals surface area contributed by atoms with Gasteiger partial charge in [0.25, 0.3) is 5.91 Å². The molecule has 1 fully saturated rings. The molecule has 2 heterocycles. The summed E-state index contributed by atoms with van der Waals surface area (Å²) in [5.74, 6) is 0.0310. The Kier molecular flexibility index (Phi) is 6.25. The number of nitrogens with zero attached hydrogens (tertiary/aromatic N) is 2. The van der Waals surface area contributed by atoms with E-state index in [4.69, 9.17) is 4.74 Å². The first-order chi connectivity index (χ1) is 12.7. The largest absolute Gasteiger partial charge is 0.450 e. The molecule has 1 aromatic heterocycles. The summed E-state index contributed by atoms with van der Waals surface area (Å²) in [4.78, 5) is 29.7. The maximum absolute atomic E-state index is 12.7. The Balaban J connectivity index is 1.51. The number of hydrogen-bond donors (Lipinski definition) is 1. The molecule has 138 valence electrons. The lowest BCUT2D eigenvalue weighted by atomic mass is 10.1. The Hall–Kier alpha value is -2.38. The average molecular weight is 373 g/mol. The smallest absolute Gasteiger partial charge is 0.411 e. The maximum Gasteiger partial charge on any atom is 0.411 e. The number of amides is 2. The van der Waals surface area contributed by atoms with Gasteiger partial charge in [0.2, 0.25) is 0 Å². The number of thiophene rings is 1. The van der Waals surface area contributed by atoms with Gasteiger partial charge in [0.1, 0.15) is 0 Å². The number of hydrogen-bond acceptors (Lipinski definition) is 5. The first-order valence-corrected chi connectivity index (χ1v) is 9.61. The molecule has 1 aliphatic rings. The Bertz CT molecular complexity index is 723. The quantitative estimate of drug-likeness (QED) is 0.874. The third-order valence-electron chi connectivity index (χ3n) is 4.27. The van der Waals surface area contributed by atoms with Crippen LogP contribution >= 0.6 is 11.3 Å². The lowest BCUT2D eigenvalue weighted by Gasteiger charge is -2.34. The molecule has 6 nitrogen and oxygen atoms in total. The number of rotatable bonds is 5. The van der Waals surface area contributed by atoms with Gasteiger partial charge in [0, 0.05) is 48.9 Å². The van der Waals surface area contributed by atoms with Crippen molar-refractivity contribution in [3.63, 3.8) is 0 Å². The van der Waals surface area contributed by atoms with Crippen LogP contribution in [0.25, 0.3) is 0 Å². The minimum absolute atomic E-state index is 0.0310. The van der Waals surface area contributed by atoms with Crippen molar-refractivity contribution < 1.29 is 14.3 Å². The summed E-state index contributed by atoms with van der Waals surface area (Å²) in [6.45, 7) is 6.24. The van der Waals surface area contributed by atoms with Gasteiger partial charge < -0.3 is 9.64 Å². The van der Waals surface area contributed by atoms with Gasteiger partial charge in [-0.05, 0) is 42.6 Å². The molecule has 0 saturated carbocycles. The highest BCUT2D eigenvalue weighted by Crippen LogP contribution is 2.16. The van der Waals surface area contributed by atoms with E-state index in [1.54, 1.807) is 42.5 Å². The Morgan fingerprint density at radius 2 is 1.85 bits per heavy atom. The molecule has 2 aromatic rings. The zero-order valence-electron chi connectivity index (χ0n) is 14.8. The fourth-order valence-corrected chi connectivity index (χ4v) is 3.64. The van der Waals surface area contributed by atoms with Crippen LogP contribution in [0.15, 0.2) is 41.8 Å². The van der Waals surface area contributed by atoms with Crippen LogP contribution in [-0.4, -0.2) is 54.6 Å². The van der Waals surface area contributed by atoms with E-state index < -0.39 is 6.09 Å². The van der Waals surface area contributed by atoms with Gasteiger partial charge in [-0.25, -0.2) is 4.79 Å². The van der Waals surface area contributed by atoms with Crippen LogP contribution in [0.1, 0.15) is 22.2 Å². The monoisotopic (exact) mass is 373 g/mol. The number of carbonyl (C=O) groups is 2. The first kappa shape index (κ1) is 18.4. The molecule has 0 spiro atoms. The van der Waals surface area contributed by atoms with E-state index >= 15 is 0 Å². The van der Waals surface area contributed by atoms with E-state index in [0.717, 1.165) is 32.7 Å². The molecule has 1 aromatic carbocycles. The van der Waals surface area contributed by atoms with Crippen molar-refractivity contribution in [2.45, 2.75) is 13.5 Å². The molecule has 0 atom stereocenters. The highest BCUT2D eigenvalue weighted by Gasteiger charge is 2.22. The SMILES string of the molecule is CCOC(=O)Nc1ccc(C(=O)N2CCN(Cc3cccs3)CC2)cc1. The van der Waals surface area contributed by atoms with Crippen LogP contribution in [0.5, 0.6) is 0 Å². The predicted molar refractivity (Wildman–Crippen MR) is 103 cm³/mol. The van der Waals surface area contributed by atoms with Crippen LogP contribution in [0.4, 0.5) is 10.5 Å². The van der Waals surface area contributed by atoms with Crippen molar-refractivity contribution >= 4 is 29.0 Å². The van der Waals surface area contributed by atoms with Crippen LogP contribution < -0.4 is 5.32 Å². The van der Waals surface area contributed by atoms with Gasteiger partial charge in [-0.2, -0.15) is 0 Å². The van der Waals surface area contributed by atoms with E-state index in [9.17, 15) is 9.59 Å². The molecule has 0 bridgehead atoms. The molecule has 0 aliphatic carbocycles. The highest BCUT2D eigenvalue weighted by molar-refractivity contribution is 7.09. The summed E-state index contributed by atoms with van der Waals surface area (Å²) >= 11 is 1.77. The first-order valence-electron chi connectivity index (χ1n) is 8.73. The van der Waals surface area contributed by atoms with Crippen molar-refractivity contribution in [2.24, 2.45) is 0 Å². The molecular weight excluding hydrogens is 350 g/mol. The summed E-state index contributed by atoms with van der Waals surface area (Å²) < 4.78 is 4.84. The van der Waals surface area contributed by atoms with Gasteiger partial charge in [-0.15, -0.1) is 11.3 Å². The molecule has 1 N–H and O–H groups in total. The molecule has 26 heavy (non-hydrogen) atoms. The third kappa shape index (κ3) is 4.83. The number of anilines is 1. The number of ether oxygens (including phenoxy) is 1. The van der Waals surface area contributed by atoms with Gasteiger partial charge in [0.05, 0.1) is 6.61 Å². The van der Waals surface area contributed by atoms with Crippen LogP contribution in [-0.2, 0) is 11.3 Å². The van der Waals surface area contributed by atoms with Crippen molar-refractivity contribution in [2.75, 3.05) is 38.1 Å². The Morgan fingerprint density at radius 1 is 1.12 bits per heavy atom. The van der Waals surface area contributed by atoms with E-state index in [0.29, 0.717) is 17.9 Å². The zero-order chi connectivity index (χ0) is 18.4. The number of carbonyl (C=O) groups excluding carboxylic acids is 2. The van der Waals surface area contributed by atoms with Crippen LogP contribution in [0.3, 0.4) is 0 Å². The molecule has 1 aliphatic heterocycles. The van der Waals surface area contributed by atoms with Crippen molar-refractivity contribution in [3.8, 4) is 0 Å². The molecule has 1 saturated heterocycles. The lowest BCUT2D eigenvalue weighted by molar-refractivity contribution is 0.0629. The van der Waals surface area contributed by atoms with Gasteiger partial charge in [-0.3, -0.25) is 15.0 Å². The number of nitrogens with one attached hydrogen (secondary N) is 1. The average Bonchev–Trinajstić information content (AvgIpc) is 3.16. The van der Waals surface area contributed by atoms with Crippen LogP contribution in [0, 0.1) is 0 Å². The van der Waals surface area contributed by atoms with Crippen molar-refractivity contribution in [1.82, 2.24) is 9.80 Å². The second-order valence-corrected chi connectivity index (χ2v) is 7.10. The third-order valence-corrected chi connectivity index (χ3v) is 5.13. The summed E-state index contributed by atoms with van der Waals surface area (Å²) in [6.07, 6.45) is -0.492. The van der Waals surface area contributed by atoms with Crippen molar-refractivity contribution in [3.05, 3.63) is 52.2 Å². The van der Waals surface area contributed by atoms with E-state index in [2.05, 4.69) is 27.7 Å². The summed E-state index contributed by atoms with van der Waals surface area (Å²) in [5.41, 5.74) is 1.24. The van der Waals surface area contributed by atoms with Gasteiger partial charge in [0.15, 0.2) is 0 Å². The van der Waals surface area contributed by atoms with Crippen LogP contribution in [0.2, 0.25) is 0 Å². The molecular formula is C19H23N3O3S. The molecule has 0 radical (unpaired) electrons. The van der Waals surface area contributed by atoms with E-state index in [1.807, 2.05) is 4.90 Å². The summed E-state index contributed by atoms with van der Waals surface area (Å²) in [5, 5.41) is 4.72.